The number of hydrogen-bond donors (Lipinski definition) is 1. The summed E-state index contributed by atoms with van der Waals surface area (Å²) in [6.45, 7) is 3.00. The van der Waals surface area contributed by atoms with E-state index in [4.69, 9.17) is 0 Å². The summed E-state index contributed by atoms with van der Waals surface area (Å²) in [5, 5.41) is 7.64. The summed E-state index contributed by atoms with van der Waals surface area (Å²) >= 11 is 0. The second-order valence-corrected chi connectivity index (χ2v) is 3.66. The van der Waals surface area contributed by atoms with Gasteiger partial charge in [0.25, 0.3) is 0 Å². The van der Waals surface area contributed by atoms with E-state index in [0.29, 0.717) is 0 Å². The molecule has 4 nitrogen and oxygen atoms in total. The first kappa shape index (κ1) is 10.8. The van der Waals surface area contributed by atoms with E-state index in [1.54, 1.807) is 6.20 Å². The molecule has 0 aliphatic heterocycles. The van der Waals surface area contributed by atoms with Crippen molar-refractivity contribution in [1.82, 2.24) is 20.1 Å². The van der Waals surface area contributed by atoms with Gasteiger partial charge in [0.2, 0.25) is 0 Å². The third kappa shape index (κ3) is 2.12. The van der Waals surface area contributed by atoms with E-state index in [2.05, 4.69) is 28.4 Å². The van der Waals surface area contributed by atoms with Gasteiger partial charge in [0.05, 0.1) is 11.7 Å². The molecule has 0 spiro atoms. The van der Waals surface area contributed by atoms with E-state index in [-0.39, 0.29) is 6.04 Å². The van der Waals surface area contributed by atoms with Crippen molar-refractivity contribution >= 4 is 0 Å². The Bertz CT molecular complexity index is 435. The van der Waals surface area contributed by atoms with Crippen LogP contribution >= 0.6 is 0 Å². The zero-order valence-electron chi connectivity index (χ0n) is 9.59. The van der Waals surface area contributed by atoms with Crippen molar-refractivity contribution in [3.8, 4) is 0 Å². The standard InChI is InChI=1S/C12H16N4/c1-3-14-12(10-5-4-7-13-9-10)11-6-8-15-16(11)2/h4-9,12,14H,3H2,1-2H3. The van der Waals surface area contributed by atoms with Gasteiger partial charge in [0, 0.05) is 25.6 Å². The molecule has 2 rings (SSSR count). The van der Waals surface area contributed by atoms with Crippen molar-refractivity contribution in [1.29, 1.82) is 0 Å². The van der Waals surface area contributed by atoms with Crippen LogP contribution in [0.2, 0.25) is 0 Å². The van der Waals surface area contributed by atoms with E-state index in [1.165, 1.54) is 0 Å². The van der Waals surface area contributed by atoms with Crippen molar-refractivity contribution in [2.45, 2.75) is 13.0 Å². The van der Waals surface area contributed by atoms with E-state index in [0.717, 1.165) is 17.8 Å². The Hall–Kier alpha value is -1.68. The molecular weight excluding hydrogens is 200 g/mol. The van der Waals surface area contributed by atoms with Crippen LogP contribution in [0.1, 0.15) is 24.2 Å². The van der Waals surface area contributed by atoms with Crippen molar-refractivity contribution in [2.75, 3.05) is 6.54 Å². The maximum absolute atomic E-state index is 4.20. The largest absolute Gasteiger partial charge is 0.305 e. The van der Waals surface area contributed by atoms with Crippen LogP contribution in [0.4, 0.5) is 0 Å². The van der Waals surface area contributed by atoms with Gasteiger partial charge in [0.15, 0.2) is 0 Å². The van der Waals surface area contributed by atoms with Crippen molar-refractivity contribution in [2.24, 2.45) is 7.05 Å². The minimum Gasteiger partial charge on any atom is -0.305 e. The first-order valence-corrected chi connectivity index (χ1v) is 5.44. The SMILES string of the molecule is CCNC(c1cccnc1)c1ccnn1C. The summed E-state index contributed by atoms with van der Waals surface area (Å²) in [4.78, 5) is 4.16. The number of pyridine rings is 1. The molecule has 1 N–H and O–H groups in total. The lowest BCUT2D eigenvalue weighted by molar-refractivity contribution is 0.571. The molecule has 2 aromatic heterocycles. The number of aromatic nitrogens is 3. The lowest BCUT2D eigenvalue weighted by Crippen LogP contribution is -2.24. The van der Waals surface area contributed by atoms with Crippen LogP contribution in [0.25, 0.3) is 0 Å². The van der Waals surface area contributed by atoms with Crippen LogP contribution in [-0.2, 0) is 7.05 Å². The lowest BCUT2D eigenvalue weighted by Gasteiger charge is -2.18. The first-order valence-electron chi connectivity index (χ1n) is 5.44. The van der Waals surface area contributed by atoms with Gasteiger partial charge in [-0.15, -0.1) is 0 Å². The average molecular weight is 216 g/mol. The predicted octanol–water partition coefficient (Wildman–Crippen LogP) is 1.51. The molecule has 0 aliphatic carbocycles. The Morgan fingerprint density at radius 1 is 1.38 bits per heavy atom. The lowest BCUT2D eigenvalue weighted by atomic mass is 10.1. The molecule has 1 atom stereocenters. The van der Waals surface area contributed by atoms with Gasteiger partial charge >= 0.3 is 0 Å². The van der Waals surface area contributed by atoms with Crippen LogP contribution in [0.3, 0.4) is 0 Å². The Morgan fingerprint density at radius 3 is 2.81 bits per heavy atom. The van der Waals surface area contributed by atoms with E-state index in [1.807, 2.05) is 36.3 Å². The summed E-state index contributed by atoms with van der Waals surface area (Å²) < 4.78 is 1.89. The molecule has 0 saturated heterocycles. The Kier molecular flexibility index (Phi) is 3.31. The highest BCUT2D eigenvalue weighted by molar-refractivity contribution is 5.24. The fourth-order valence-corrected chi connectivity index (χ4v) is 1.81. The van der Waals surface area contributed by atoms with Crippen molar-refractivity contribution in [3.63, 3.8) is 0 Å². The number of nitrogens with one attached hydrogen (secondary N) is 1. The van der Waals surface area contributed by atoms with Gasteiger partial charge in [-0.1, -0.05) is 13.0 Å². The Labute approximate surface area is 95.3 Å². The van der Waals surface area contributed by atoms with Gasteiger partial charge in [-0.2, -0.15) is 5.10 Å². The number of rotatable bonds is 4. The van der Waals surface area contributed by atoms with Crippen molar-refractivity contribution < 1.29 is 0 Å². The van der Waals surface area contributed by atoms with Gasteiger partial charge in [-0.3, -0.25) is 9.67 Å². The topological polar surface area (TPSA) is 42.7 Å². The molecule has 2 aromatic rings. The van der Waals surface area contributed by atoms with Gasteiger partial charge in [-0.05, 0) is 24.2 Å². The summed E-state index contributed by atoms with van der Waals surface area (Å²) in [5.41, 5.74) is 2.31. The van der Waals surface area contributed by atoms with E-state index < -0.39 is 0 Å². The number of nitrogens with zero attached hydrogens (tertiary/aromatic N) is 3. The molecule has 4 heteroatoms. The Balaban J connectivity index is 2.35. The third-order valence-electron chi connectivity index (χ3n) is 2.58. The second kappa shape index (κ2) is 4.90. The van der Waals surface area contributed by atoms with Gasteiger partial charge < -0.3 is 5.32 Å². The fraction of sp³-hybridized carbons (Fsp3) is 0.333. The highest BCUT2D eigenvalue weighted by Gasteiger charge is 2.15. The molecule has 0 radical (unpaired) electrons. The minimum absolute atomic E-state index is 0.159. The molecule has 84 valence electrons. The second-order valence-electron chi connectivity index (χ2n) is 3.66. The molecule has 2 heterocycles. The van der Waals surface area contributed by atoms with Crippen molar-refractivity contribution in [3.05, 3.63) is 48.0 Å². The molecule has 1 unspecified atom stereocenters. The zero-order valence-corrected chi connectivity index (χ0v) is 9.59. The molecule has 0 bridgehead atoms. The highest BCUT2D eigenvalue weighted by atomic mass is 15.3. The quantitative estimate of drug-likeness (QED) is 0.842. The average Bonchev–Trinajstić information content (AvgIpc) is 2.73. The van der Waals surface area contributed by atoms with Crippen LogP contribution in [0.15, 0.2) is 36.8 Å². The number of aryl methyl sites for hydroxylation is 1. The molecule has 0 amide bonds. The van der Waals surface area contributed by atoms with Gasteiger partial charge in [0.1, 0.15) is 0 Å². The third-order valence-corrected chi connectivity index (χ3v) is 2.58. The highest BCUT2D eigenvalue weighted by Crippen LogP contribution is 2.19. The summed E-state index contributed by atoms with van der Waals surface area (Å²) in [6.07, 6.45) is 5.49. The van der Waals surface area contributed by atoms with Crippen LogP contribution in [0.5, 0.6) is 0 Å². The molecule has 0 saturated carbocycles. The summed E-state index contributed by atoms with van der Waals surface area (Å²) in [6, 6.07) is 6.22. The zero-order chi connectivity index (χ0) is 11.4. The van der Waals surface area contributed by atoms with E-state index in [9.17, 15) is 0 Å². The fourth-order valence-electron chi connectivity index (χ4n) is 1.81. The summed E-state index contributed by atoms with van der Waals surface area (Å²) in [7, 11) is 1.95. The van der Waals surface area contributed by atoms with E-state index >= 15 is 0 Å². The summed E-state index contributed by atoms with van der Waals surface area (Å²) in [5.74, 6) is 0. The monoisotopic (exact) mass is 216 g/mol. The minimum atomic E-state index is 0.159. The Morgan fingerprint density at radius 2 is 2.25 bits per heavy atom. The first-order chi connectivity index (χ1) is 7.83. The maximum atomic E-state index is 4.20. The smallest absolute Gasteiger partial charge is 0.0763 e. The number of hydrogen-bond acceptors (Lipinski definition) is 3. The molecule has 16 heavy (non-hydrogen) atoms. The van der Waals surface area contributed by atoms with Crippen LogP contribution < -0.4 is 5.32 Å². The molecule has 0 fully saturated rings. The molecule has 0 aliphatic rings. The van der Waals surface area contributed by atoms with Gasteiger partial charge in [-0.25, -0.2) is 0 Å². The predicted molar refractivity (Wildman–Crippen MR) is 63.0 cm³/mol. The normalized spacial score (nSPS) is 12.6. The van der Waals surface area contributed by atoms with Crippen LogP contribution in [-0.4, -0.2) is 21.3 Å². The maximum Gasteiger partial charge on any atom is 0.0763 e. The molecular formula is C12H16N4. The molecule has 0 aromatic carbocycles. The van der Waals surface area contributed by atoms with Crippen LogP contribution in [0, 0.1) is 0 Å².